The number of carbonyl (C=O) groups is 2. The number of nitrogens with zero attached hydrogens (tertiary/aromatic N) is 1. The van der Waals surface area contributed by atoms with E-state index in [0.717, 1.165) is 0 Å². The van der Waals surface area contributed by atoms with Gasteiger partial charge in [-0.1, -0.05) is 18.2 Å². The van der Waals surface area contributed by atoms with Gasteiger partial charge >= 0.3 is 5.97 Å². The number of morpholine rings is 1. The zero-order valence-corrected chi connectivity index (χ0v) is 11.7. The molecule has 0 saturated carbocycles. The predicted octanol–water partition coefficient (Wildman–Crippen LogP) is 1.56. The monoisotopic (exact) mass is 277 g/mol. The molecular formula is C15H19NO4. The van der Waals surface area contributed by atoms with E-state index in [9.17, 15) is 9.59 Å². The van der Waals surface area contributed by atoms with E-state index in [1.54, 1.807) is 23.1 Å². The third-order valence-electron chi connectivity index (χ3n) is 3.36. The lowest BCUT2D eigenvalue weighted by atomic mass is 10.0. The molecule has 2 unspecified atom stereocenters. The van der Waals surface area contributed by atoms with Gasteiger partial charge < -0.3 is 14.7 Å². The Balaban J connectivity index is 2.10. The minimum absolute atomic E-state index is 0.0115. The Morgan fingerprint density at radius 1 is 1.25 bits per heavy atom. The van der Waals surface area contributed by atoms with Crippen molar-refractivity contribution >= 4 is 11.9 Å². The van der Waals surface area contributed by atoms with Gasteiger partial charge in [-0.3, -0.25) is 4.79 Å². The number of hydrogen-bond donors (Lipinski definition) is 1. The van der Waals surface area contributed by atoms with Crippen LogP contribution in [0.1, 0.15) is 29.8 Å². The van der Waals surface area contributed by atoms with Crippen LogP contribution in [0.3, 0.4) is 0 Å². The first-order chi connectivity index (χ1) is 9.47. The first kappa shape index (κ1) is 14.5. The van der Waals surface area contributed by atoms with Gasteiger partial charge in [0.1, 0.15) is 0 Å². The molecule has 20 heavy (non-hydrogen) atoms. The van der Waals surface area contributed by atoms with Crippen molar-refractivity contribution in [1.29, 1.82) is 0 Å². The molecule has 0 spiro atoms. The third-order valence-corrected chi connectivity index (χ3v) is 3.36. The molecule has 2 atom stereocenters. The minimum Gasteiger partial charge on any atom is -0.478 e. The molecule has 0 bridgehead atoms. The maximum absolute atomic E-state index is 12.3. The fraction of sp³-hybridized carbons (Fsp3) is 0.467. The number of carbonyl (C=O) groups excluding carboxylic acids is 1. The Kier molecular flexibility index (Phi) is 4.39. The third kappa shape index (κ3) is 3.36. The van der Waals surface area contributed by atoms with E-state index < -0.39 is 5.97 Å². The maximum atomic E-state index is 12.3. The zero-order chi connectivity index (χ0) is 14.7. The van der Waals surface area contributed by atoms with E-state index in [1.165, 1.54) is 6.07 Å². The van der Waals surface area contributed by atoms with Crippen LogP contribution in [0.5, 0.6) is 0 Å². The Morgan fingerprint density at radius 3 is 2.45 bits per heavy atom. The molecule has 1 heterocycles. The van der Waals surface area contributed by atoms with Crippen LogP contribution in [0.2, 0.25) is 0 Å². The molecule has 1 saturated heterocycles. The quantitative estimate of drug-likeness (QED) is 0.910. The van der Waals surface area contributed by atoms with Crippen LogP contribution in [0.15, 0.2) is 24.3 Å². The first-order valence-electron chi connectivity index (χ1n) is 6.71. The first-order valence-corrected chi connectivity index (χ1v) is 6.71. The molecule has 1 aliphatic heterocycles. The van der Waals surface area contributed by atoms with Gasteiger partial charge in [-0.05, 0) is 25.5 Å². The Labute approximate surface area is 118 Å². The molecule has 0 aliphatic carbocycles. The molecule has 2 rings (SSSR count). The van der Waals surface area contributed by atoms with E-state index in [-0.39, 0.29) is 30.1 Å². The summed E-state index contributed by atoms with van der Waals surface area (Å²) in [5, 5.41) is 9.13. The van der Waals surface area contributed by atoms with Gasteiger partial charge in [0.2, 0.25) is 5.91 Å². The fourth-order valence-corrected chi connectivity index (χ4v) is 2.54. The van der Waals surface area contributed by atoms with Gasteiger partial charge in [-0.25, -0.2) is 4.79 Å². The summed E-state index contributed by atoms with van der Waals surface area (Å²) in [5.74, 6) is -1.06. The van der Waals surface area contributed by atoms with E-state index in [4.69, 9.17) is 9.84 Å². The Hall–Kier alpha value is -1.88. The molecule has 1 fully saturated rings. The summed E-state index contributed by atoms with van der Waals surface area (Å²) in [7, 11) is 0. The topological polar surface area (TPSA) is 66.8 Å². The molecule has 108 valence electrons. The lowest BCUT2D eigenvalue weighted by molar-refractivity contribution is -0.142. The van der Waals surface area contributed by atoms with Crippen LogP contribution < -0.4 is 0 Å². The molecule has 0 aromatic heterocycles. The summed E-state index contributed by atoms with van der Waals surface area (Å²) in [5.41, 5.74) is 0.743. The lowest BCUT2D eigenvalue weighted by Gasteiger charge is -2.35. The highest BCUT2D eigenvalue weighted by atomic mass is 16.5. The highest BCUT2D eigenvalue weighted by molar-refractivity contribution is 5.91. The zero-order valence-electron chi connectivity index (χ0n) is 11.7. The molecule has 5 nitrogen and oxygen atoms in total. The molecule has 1 amide bonds. The molecule has 1 aromatic rings. The number of carboxylic acid groups (broad SMARTS) is 1. The molecular weight excluding hydrogens is 258 g/mol. The van der Waals surface area contributed by atoms with E-state index in [2.05, 4.69) is 0 Å². The fourth-order valence-electron chi connectivity index (χ4n) is 2.54. The van der Waals surface area contributed by atoms with Gasteiger partial charge in [-0.15, -0.1) is 0 Å². The second-order valence-electron chi connectivity index (χ2n) is 5.20. The number of benzene rings is 1. The van der Waals surface area contributed by atoms with Crippen molar-refractivity contribution in [2.45, 2.75) is 32.5 Å². The number of rotatable bonds is 3. The standard InChI is InChI=1S/C15H19NO4/c1-10-8-16(9-11(2)20-10)14(17)7-12-5-3-4-6-13(12)15(18)19/h3-6,10-11H,7-9H2,1-2H3,(H,18,19). The summed E-state index contributed by atoms with van der Waals surface area (Å²) in [6.45, 7) is 4.97. The van der Waals surface area contributed by atoms with Crippen LogP contribution in [0.4, 0.5) is 0 Å². The summed E-state index contributed by atoms with van der Waals surface area (Å²) in [6.07, 6.45) is 0.136. The van der Waals surface area contributed by atoms with Gasteiger partial charge in [0.25, 0.3) is 0 Å². The summed E-state index contributed by atoms with van der Waals surface area (Å²) < 4.78 is 5.59. The number of hydrogen-bond acceptors (Lipinski definition) is 3. The largest absolute Gasteiger partial charge is 0.478 e. The SMILES string of the molecule is CC1CN(C(=O)Cc2ccccc2C(=O)O)CC(C)O1. The van der Waals surface area contributed by atoms with Gasteiger partial charge in [0, 0.05) is 13.1 Å². The van der Waals surface area contributed by atoms with E-state index in [0.29, 0.717) is 18.7 Å². The summed E-state index contributed by atoms with van der Waals surface area (Å²) in [4.78, 5) is 25.2. The summed E-state index contributed by atoms with van der Waals surface area (Å²) >= 11 is 0. The average Bonchev–Trinajstić information content (AvgIpc) is 2.37. The van der Waals surface area contributed by atoms with Crippen molar-refractivity contribution in [3.05, 3.63) is 35.4 Å². The lowest BCUT2D eigenvalue weighted by Crippen LogP contribution is -2.48. The molecule has 1 aromatic carbocycles. The predicted molar refractivity (Wildman–Crippen MR) is 73.7 cm³/mol. The Morgan fingerprint density at radius 2 is 1.85 bits per heavy atom. The van der Waals surface area contributed by atoms with Crippen LogP contribution in [-0.4, -0.2) is 47.2 Å². The summed E-state index contributed by atoms with van der Waals surface area (Å²) in [6, 6.07) is 6.63. The molecule has 1 aliphatic rings. The van der Waals surface area contributed by atoms with Crippen LogP contribution >= 0.6 is 0 Å². The normalized spacial score (nSPS) is 22.6. The number of carboxylic acids is 1. The number of ether oxygens (including phenoxy) is 1. The smallest absolute Gasteiger partial charge is 0.335 e. The highest BCUT2D eigenvalue weighted by Gasteiger charge is 2.26. The number of aromatic carboxylic acids is 1. The minimum atomic E-state index is -1.00. The van der Waals surface area contributed by atoms with Crippen molar-refractivity contribution in [2.75, 3.05) is 13.1 Å². The van der Waals surface area contributed by atoms with Crippen molar-refractivity contribution < 1.29 is 19.4 Å². The van der Waals surface area contributed by atoms with Crippen molar-refractivity contribution in [1.82, 2.24) is 4.90 Å². The highest BCUT2D eigenvalue weighted by Crippen LogP contribution is 2.15. The van der Waals surface area contributed by atoms with Crippen molar-refractivity contribution in [3.63, 3.8) is 0 Å². The van der Waals surface area contributed by atoms with Gasteiger partial charge in [0.15, 0.2) is 0 Å². The van der Waals surface area contributed by atoms with E-state index >= 15 is 0 Å². The van der Waals surface area contributed by atoms with Gasteiger partial charge in [0.05, 0.1) is 24.2 Å². The molecule has 5 heteroatoms. The van der Waals surface area contributed by atoms with Crippen molar-refractivity contribution in [2.24, 2.45) is 0 Å². The molecule has 1 N–H and O–H groups in total. The van der Waals surface area contributed by atoms with Gasteiger partial charge in [-0.2, -0.15) is 0 Å². The van der Waals surface area contributed by atoms with Crippen LogP contribution in [0.25, 0.3) is 0 Å². The second kappa shape index (κ2) is 6.05. The average molecular weight is 277 g/mol. The van der Waals surface area contributed by atoms with Crippen molar-refractivity contribution in [3.8, 4) is 0 Å². The second-order valence-corrected chi connectivity index (χ2v) is 5.20. The number of amides is 1. The van der Waals surface area contributed by atoms with Crippen LogP contribution in [0, 0.1) is 0 Å². The molecule has 0 radical (unpaired) electrons. The van der Waals surface area contributed by atoms with E-state index in [1.807, 2.05) is 13.8 Å². The van der Waals surface area contributed by atoms with Crippen LogP contribution in [-0.2, 0) is 16.0 Å². The Bertz CT molecular complexity index is 504. The maximum Gasteiger partial charge on any atom is 0.335 e.